The van der Waals surface area contributed by atoms with Crippen LogP contribution in [0.15, 0.2) is 18.2 Å². The van der Waals surface area contributed by atoms with E-state index < -0.39 is 11.4 Å². The monoisotopic (exact) mass is 294 g/mol. The van der Waals surface area contributed by atoms with E-state index in [1.165, 1.54) is 0 Å². The van der Waals surface area contributed by atoms with Crippen LogP contribution in [0.25, 0.3) is 0 Å². The molecule has 1 aliphatic heterocycles. The molecule has 0 amide bonds. The van der Waals surface area contributed by atoms with Gasteiger partial charge in [-0.1, -0.05) is 26.0 Å². The molecule has 1 unspecified atom stereocenters. The van der Waals surface area contributed by atoms with Gasteiger partial charge in [0.25, 0.3) is 0 Å². The van der Waals surface area contributed by atoms with Gasteiger partial charge >= 0.3 is 5.97 Å². The molecule has 1 N–H and O–H groups in total. The zero-order valence-corrected chi connectivity index (χ0v) is 12.7. The maximum atomic E-state index is 11.1. The fourth-order valence-electron chi connectivity index (χ4n) is 2.58. The van der Waals surface area contributed by atoms with Gasteiger partial charge in [0.15, 0.2) is 11.5 Å². The van der Waals surface area contributed by atoms with Crippen molar-refractivity contribution in [3.05, 3.63) is 23.8 Å². The Morgan fingerprint density at radius 2 is 2.24 bits per heavy atom. The van der Waals surface area contributed by atoms with E-state index in [1.54, 1.807) is 7.11 Å². The summed E-state index contributed by atoms with van der Waals surface area (Å²) >= 11 is 0. The summed E-state index contributed by atoms with van der Waals surface area (Å²) < 4.78 is 16.8. The third-order valence-electron chi connectivity index (χ3n) is 3.69. The standard InChI is InChI=1S/C16H22O5/c1-16(2,9-14(17)18)12-5-4-6-13(19-3)15(12)21-11-7-8-20-10-11/h4-6,11H,7-10H2,1-3H3,(H,17,18). The van der Waals surface area contributed by atoms with Crippen molar-refractivity contribution >= 4 is 5.97 Å². The van der Waals surface area contributed by atoms with Crippen molar-refractivity contribution < 1.29 is 24.1 Å². The highest BCUT2D eigenvalue weighted by molar-refractivity contribution is 5.69. The van der Waals surface area contributed by atoms with Gasteiger partial charge in [0.05, 0.1) is 26.7 Å². The molecule has 0 saturated carbocycles. The maximum absolute atomic E-state index is 11.1. The van der Waals surface area contributed by atoms with Crippen LogP contribution < -0.4 is 9.47 Å². The number of aliphatic carboxylic acids is 1. The minimum absolute atomic E-state index is 0.0133. The summed E-state index contributed by atoms with van der Waals surface area (Å²) in [6.07, 6.45) is 0.842. The van der Waals surface area contributed by atoms with Gasteiger partial charge in [-0.25, -0.2) is 0 Å². The molecule has 0 spiro atoms. The predicted molar refractivity (Wildman–Crippen MR) is 78.1 cm³/mol. The number of ether oxygens (including phenoxy) is 3. The molecule has 5 nitrogen and oxygen atoms in total. The van der Waals surface area contributed by atoms with Gasteiger partial charge in [0, 0.05) is 17.4 Å². The van der Waals surface area contributed by atoms with Crippen LogP contribution in [0.4, 0.5) is 0 Å². The average molecular weight is 294 g/mol. The highest BCUT2D eigenvalue weighted by Gasteiger charge is 2.31. The molecular weight excluding hydrogens is 272 g/mol. The van der Waals surface area contributed by atoms with Crippen molar-refractivity contribution in [1.29, 1.82) is 0 Å². The van der Waals surface area contributed by atoms with Gasteiger partial charge in [0.2, 0.25) is 0 Å². The second kappa shape index (κ2) is 6.35. The van der Waals surface area contributed by atoms with Crippen molar-refractivity contribution in [2.75, 3.05) is 20.3 Å². The van der Waals surface area contributed by atoms with Crippen molar-refractivity contribution in [1.82, 2.24) is 0 Å². The Hall–Kier alpha value is -1.75. The molecule has 1 saturated heterocycles. The van der Waals surface area contributed by atoms with Crippen molar-refractivity contribution in [3.63, 3.8) is 0 Å². The fraction of sp³-hybridized carbons (Fsp3) is 0.562. The number of carboxylic acids is 1. The summed E-state index contributed by atoms with van der Waals surface area (Å²) in [6.45, 7) is 5.03. The van der Waals surface area contributed by atoms with Crippen LogP contribution >= 0.6 is 0 Å². The lowest BCUT2D eigenvalue weighted by atomic mass is 9.81. The van der Waals surface area contributed by atoms with Crippen LogP contribution in [0, 0.1) is 0 Å². The van der Waals surface area contributed by atoms with Gasteiger partial charge < -0.3 is 19.3 Å². The summed E-state index contributed by atoms with van der Waals surface area (Å²) in [7, 11) is 1.58. The Labute approximate surface area is 124 Å². The number of carboxylic acid groups (broad SMARTS) is 1. The van der Waals surface area contributed by atoms with Crippen molar-refractivity contribution in [3.8, 4) is 11.5 Å². The average Bonchev–Trinajstić information content (AvgIpc) is 2.90. The number of carbonyl (C=O) groups is 1. The summed E-state index contributed by atoms with van der Waals surface area (Å²) in [6, 6.07) is 5.58. The van der Waals surface area contributed by atoms with Gasteiger partial charge in [-0.05, 0) is 6.07 Å². The topological polar surface area (TPSA) is 65.0 Å². The van der Waals surface area contributed by atoms with Gasteiger partial charge in [-0.15, -0.1) is 0 Å². The van der Waals surface area contributed by atoms with Crippen LogP contribution in [0.5, 0.6) is 11.5 Å². The molecular formula is C16H22O5. The smallest absolute Gasteiger partial charge is 0.304 e. The van der Waals surface area contributed by atoms with E-state index in [-0.39, 0.29) is 12.5 Å². The van der Waals surface area contributed by atoms with E-state index in [4.69, 9.17) is 19.3 Å². The Morgan fingerprint density at radius 1 is 1.48 bits per heavy atom. The number of hydrogen-bond acceptors (Lipinski definition) is 4. The van der Waals surface area contributed by atoms with E-state index in [9.17, 15) is 4.79 Å². The second-order valence-electron chi connectivity index (χ2n) is 5.89. The van der Waals surface area contributed by atoms with Crippen LogP contribution in [0.2, 0.25) is 0 Å². The van der Waals surface area contributed by atoms with E-state index in [2.05, 4.69) is 0 Å². The van der Waals surface area contributed by atoms with Crippen molar-refractivity contribution in [2.45, 2.75) is 38.2 Å². The predicted octanol–water partition coefficient (Wildman–Crippen LogP) is 2.62. The van der Waals surface area contributed by atoms with Crippen LogP contribution in [-0.2, 0) is 14.9 Å². The van der Waals surface area contributed by atoms with E-state index >= 15 is 0 Å². The van der Waals surface area contributed by atoms with E-state index in [0.717, 1.165) is 12.0 Å². The molecule has 116 valence electrons. The summed E-state index contributed by atoms with van der Waals surface area (Å²) in [5.74, 6) is 0.414. The van der Waals surface area contributed by atoms with E-state index in [1.807, 2.05) is 32.0 Å². The first kappa shape index (κ1) is 15.6. The van der Waals surface area contributed by atoms with Crippen LogP contribution in [0.3, 0.4) is 0 Å². The fourth-order valence-corrected chi connectivity index (χ4v) is 2.58. The first-order valence-corrected chi connectivity index (χ1v) is 7.07. The number of methoxy groups -OCH3 is 1. The summed E-state index contributed by atoms with van der Waals surface area (Å²) in [5.41, 5.74) is 0.297. The zero-order valence-electron chi connectivity index (χ0n) is 12.7. The van der Waals surface area contributed by atoms with Gasteiger partial charge in [-0.3, -0.25) is 4.79 Å². The molecule has 0 aromatic heterocycles. The first-order valence-electron chi connectivity index (χ1n) is 7.07. The molecule has 1 fully saturated rings. The minimum Gasteiger partial charge on any atom is -0.493 e. The lowest BCUT2D eigenvalue weighted by Gasteiger charge is -2.28. The molecule has 1 heterocycles. The summed E-state index contributed by atoms with van der Waals surface area (Å²) in [4.78, 5) is 11.1. The zero-order chi connectivity index (χ0) is 15.5. The molecule has 1 aromatic rings. The van der Waals surface area contributed by atoms with Gasteiger partial charge in [0.1, 0.15) is 6.10 Å². The lowest BCUT2D eigenvalue weighted by molar-refractivity contribution is -0.138. The molecule has 0 aliphatic carbocycles. The quantitative estimate of drug-likeness (QED) is 0.873. The Morgan fingerprint density at radius 3 is 2.81 bits per heavy atom. The largest absolute Gasteiger partial charge is 0.493 e. The highest BCUT2D eigenvalue weighted by Crippen LogP contribution is 2.41. The molecule has 0 bridgehead atoms. The normalized spacial score (nSPS) is 18.5. The highest BCUT2D eigenvalue weighted by atomic mass is 16.6. The van der Waals surface area contributed by atoms with Crippen molar-refractivity contribution in [2.24, 2.45) is 0 Å². The molecule has 1 atom stereocenters. The molecule has 2 rings (SSSR count). The van der Waals surface area contributed by atoms with E-state index in [0.29, 0.717) is 24.7 Å². The summed E-state index contributed by atoms with van der Waals surface area (Å²) in [5, 5.41) is 9.12. The Bertz CT molecular complexity index is 503. The molecule has 5 heteroatoms. The second-order valence-corrected chi connectivity index (χ2v) is 5.89. The van der Waals surface area contributed by atoms with Crippen LogP contribution in [0.1, 0.15) is 32.3 Å². The Balaban J connectivity index is 2.36. The van der Waals surface area contributed by atoms with Crippen LogP contribution in [-0.4, -0.2) is 37.5 Å². The number of hydrogen-bond donors (Lipinski definition) is 1. The number of benzene rings is 1. The molecule has 0 radical (unpaired) electrons. The van der Waals surface area contributed by atoms with Gasteiger partial charge in [-0.2, -0.15) is 0 Å². The Kier molecular flexibility index (Phi) is 4.73. The molecule has 1 aromatic carbocycles. The number of para-hydroxylation sites is 1. The minimum atomic E-state index is -0.835. The maximum Gasteiger partial charge on any atom is 0.304 e. The first-order chi connectivity index (χ1) is 9.94. The third-order valence-corrected chi connectivity index (χ3v) is 3.69. The molecule has 1 aliphatic rings. The SMILES string of the molecule is COc1cccc(C(C)(C)CC(=O)O)c1OC1CCOC1. The lowest BCUT2D eigenvalue weighted by Crippen LogP contribution is -2.25. The number of rotatable bonds is 6. The third kappa shape index (κ3) is 3.67. The molecule has 21 heavy (non-hydrogen) atoms.